The topological polar surface area (TPSA) is 51.2 Å². The van der Waals surface area contributed by atoms with Gasteiger partial charge in [0.1, 0.15) is 0 Å². The van der Waals surface area contributed by atoms with Crippen molar-refractivity contribution in [3.8, 4) is 0 Å². The minimum Gasteiger partial charge on any atom is -0.379 e. The van der Waals surface area contributed by atoms with Crippen molar-refractivity contribution in [2.24, 2.45) is 0 Å². The van der Waals surface area contributed by atoms with Crippen molar-refractivity contribution >= 4 is 5.91 Å². The van der Waals surface area contributed by atoms with Crippen LogP contribution in [0, 0.1) is 0 Å². The summed E-state index contributed by atoms with van der Waals surface area (Å²) in [5.74, 6) is 0.0233. The third-order valence-corrected chi connectivity index (χ3v) is 3.71. The summed E-state index contributed by atoms with van der Waals surface area (Å²) in [7, 11) is 1.59. The number of hydrogen-bond donors (Lipinski definition) is 0. The van der Waals surface area contributed by atoms with E-state index >= 15 is 0 Å². The van der Waals surface area contributed by atoms with Gasteiger partial charge < -0.3 is 19.1 Å². The predicted octanol–water partition coefficient (Wildman–Crippen LogP) is -0.460. The lowest BCUT2D eigenvalue weighted by Gasteiger charge is -2.43. The van der Waals surface area contributed by atoms with Gasteiger partial charge >= 0.3 is 0 Å². The Balaban J connectivity index is 2.06. The van der Waals surface area contributed by atoms with Crippen molar-refractivity contribution in [2.75, 3.05) is 59.7 Å². The highest BCUT2D eigenvalue weighted by Gasteiger charge is 2.43. The molecular formula is C12H22N2O4. The molecule has 6 heteroatoms. The van der Waals surface area contributed by atoms with Gasteiger partial charge in [0.05, 0.1) is 26.4 Å². The number of amides is 1. The van der Waals surface area contributed by atoms with E-state index in [1.807, 2.05) is 16.7 Å². The second-order valence-corrected chi connectivity index (χ2v) is 4.69. The van der Waals surface area contributed by atoms with Crippen LogP contribution in [0.5, 0.6) is 0 Å². The fraction of sp³-hybridized carbons (Fsp3) is 0.917. The zero-order valence-electron chi connectivity index (χ0n) is 11.2. The number of carbonyl (C=O) groups excluding carboxylic acids is 1. The Morgan fingerprint density at radius 1 is 1.06 bits per heavy atom. The van der Waals surface area contributed by atoms with E-state index in [-0.39, 0.29) is 5.91 Å². The first-order chi connectivity index (χ1) is 8.68. The molecule has 0 spiro atoms. The largest absolute Gasteiger partial charge is 0.379 e. The number of nitrogens with zero attached hydrogens (tertiary/aromatic N) is 2. The summed E-state index contributed by atoms with van der Waals surface area (Å²) in [6.45, 7) is 7.08. The number of morpholine rings is 2. The Kier molecular flexibility index (Phi) is 4.55. The Morgan fingerprint density at radius 2 is 1.56 bits per heavy atom. The van der Waals surface area contributed by atoms with E-state index in [0.717, 1.165) is 13.1 Å². The zero-order valence-corrected chi connectivity index (χ0v) is 11.2. The summed E-state index contributed by atoms with van der Waals surface area (Å²) in [6, 6.07) is 0. The van der Waals surface area contributed by atoms with Crippen LogP contribution in [0.2, 0.25) is 0 Å². The van der Waals surface area contributed by atoms with Crippen molar-refractivity contribution in [2.45, 2.75) is 12.6 Å². The van der Waals surface area contributed by atoms with Gasteiger partial charge in [-0.15, -0.1) is 0 Å². The highest BCUT2D eigenvalue weighted by atomic mass is 16.5. The summed E-state index contributed by atoms with van der Waals surface area (Å²) >= 11 is 0. The predicted molar refractivity (Wildman–Crippen MR) is 65.2 cm³/mol. The fourth-order valence-corrected chi connectivity index (χ4v) is 2.40. The molecule has 0 radical (unpaired) electrons. The lowest BCUT2D eigenvalue weighted by Crippen LogP contribution is -2.62. The van der Waals surface area contributed by atoms with Crippen molar-refractivity contribution < 1.29 is 19.0 Å². The SMILES string of the molecule is COC(C)(C(=O)N1CCOCC1)N1CCOCC1. The summed E-state index contributed by atoms with van der Waals surface area (Å²) in [6.07, 6.45) is 0. The molecule has 0 aliphatic carbocycles. The number of methoxy groups -OCH3 is 1. The molecule has 1 amide bonds. The van der Waals surface area contributed by atoms with Crippen LogP contribution in [0.15, 0.2) is 0 Å². The van der Waals surface area contributed by atoms with Crippen LogP contribution < -0.4 is 0 Å². The molecule has 2 heterocycles. The van der Waals surface area contributed by atoms with Crippen molar-refractivity contribution in [3.05, 3.63) is 0 Å². The quantitative estimate of drug-likeness (QED) is 0.685. The van der Waals surface area contributed by atoms with Crippen molar-refractivity contribution in [1.29, 1.82) is 0 Å². The first-order valence-electron chi connectivity index (χ1n) is 6.43. The van der Waals surface area contributed by atoms with Crippen molar-refractivity contribution in [1.82, 2.24) is 9.80 Å². The van der Waals surface area contributed by atoms with Gasteiger partial charge in [0, 0.05) is 33.3 Å². The maximum absolute atomic E-state index is 12.6. The minimum atomic E-state index is -0.888. The normalized spacial score (nSPS) is 25.8. The van der Waals surface area contributed by atoms with Crippen molar-refractivity contribution in [3.63, 3.8) is 0 Å². The molecule has 0 aromatic carbocycles. The summed E-state index contributed by atoms with van der Waals surface area (Å²) in [5.41, 5.74) is -0.888. The Bertz CT molecular complexity index is 288. The standard InChI is InChI=1S/C12H22N2O4/c1-12(16-2,14-5-9-18-10-6-14)11(15)13-3-7-17-8-4-13/h3-10H2,1-2H3. The summed E-state index contributed by atoms with van der Waals surface area (Å²) < 4.78 is 16.1. The lowest BCUT2D eigenvalue weighted by molar-refractivity contribution is -0.190. The molecule has 0 aromatic heterocycles. The molecule has 0 N–H and O–H groups in total. The van der Waals surface area contributed by atoms with Crippen LogP contribution in [0.25, 0.3) is 0 Å². The molecule has 0 saturated carbocycles. The molecule has 0 bridgehead atoms. The average Bonchev–Trinajstić information content (AvgIpc) is 2.47. The fourth-order valence-electron chi connectivity index (χ4n) is 2.40. The first kappa shape index (κ1) is 13.7. The molecule has 2 saturated heterocycles. The van der Waals surface area contributed by atoms with Gasteiger partial charge in [-0.2, -0.15) is 0 Å². The maximum Gasteiger partial charge on any atom is 0.270 e. The van der Waals surface area contributed by atoms with Gasteiger partial charge in [0.25, 0.3) is 5.91 Å². The van der Waals surface area contributed by atoms with E-state index < -0.39 is 5.72 Å². The molecule has 104 valence electrons. The zero-order chi connectivity index (χ0) is 13.0. The van der Waals surface area contributed by atoms with Gasteiger partial charge in [0.15, 0.2) is 5.72 Å². The molecule has 6 nitrogen and oxygen atoms in total. The molecule has 0 aromatic rings. The number of rotatable bonds is 3. The second kappa shape index (κ2) is 5.97. The second-order valence-electron chi connectivity index (χ2n) is 4.69. The monoisotopic (exact) mass is 258 g/mol. The minimum absolute atomic E-state index is 0.0233. The molecule has 18 heavy (non-hydrogen) atoms. The molecule has 2 rings (SSSR count). The third-order valence-electron chi connectivity index (χ3n) is 3.71. The Morgan fingerprint density at radius 3 is 2.06 bits per heavy atom. The summed E-state index contributed by atoms with van der Waals surface area (Å²) in [5, 5.41) is 0. The lowest BCUT2D eigenvalue weighted by atomic mass is 10.1. The first-order valence-corrected chi connectivity index (χ1v) is 6.43. The molecular weight excluding hydrogens is 236 g/mol. The highest BCUT2D eigenvalue weighted by Crippen LogP contribution is 2.21. The van der Waals surface area contributed by atoms with E-state index in [0.29, 0.717) is 39.5 Å². The van der Waals surface area contributed by atoms with E-state index in [1.165, 1.54) is 0 Å². The Hall–Kier alpha value is -0.690. The van der Waals surface area contributed by atoms with Crippen LogP contribution in [0.4, 0.5) is 0 Å². The third kappa shape index (κ3) is 2.66. The average molecular weight is 258 g/mol. The maximum atomic E-state index is 12.6. The van der Waals surface area contributed by atoms with Crippen LogP contribution in [0.3, 0.4) is 0 Å². The number of ether oxygens (including phenoxy) is 3. The van der Waals surface area contributed by atoms with E-state index in [4.69, 9.17) is 14.2 Å². The molecule has 2 fully saturated rings. The van der Waals surface area contributed by atoms with Crippen LogP contribution >= 0.6 is 0 Å². The molecule has 2 aliphatic heterocycles. The number of hydrogen-bond acceptors (Lipinski definition) is 5. The van der Waals surface area contributed by atoms with E-state index in [2.05, 4.69) is 0 Å². The smallest absolute Gasteiger partial charge is 0.270 e. The van der Waals surface area contributed by atoms with Gasteiger partial charge in [-0.05, 0) is 6.92 Å². The molecule has 1 atom stereocenters. The van der Waals surface area contributed by atoms with Crippen LogP contribution in [-0.4, -0.2) is 81.1 Å². The number of carbonyl (C=O) groups is 1. The van der Waals surface area contributed by atoms with E-state index in [9.17, 15) is 4.79 Å². The van der Waals surface area contributed by atoms with Gasteiger partial charge in [-0.1, -0.05) is 0 Å². The van der Waals surface area contributed by atoms with Gasteiger partial charge in [-0.25, -0.2) is 0 Å². The van der Waals surface area contributed by atoms with Crippen LogP contribution in [-0.2, 0) is 19.0 Å². The van der Waals surface area contributed by atoms with E-state index in [1.54, 1.807) is 7.11 Å². The van der Waals surface area contributed by atoms with Gasteiger partial charge in [0.2, 0.25) is 0 Å². The van der Waals surface area contributed by atoms with Crippen LogP contribution in [0.1, 0.15) is 6.92 Å². The van der Waals surface area contributed by atoms with Gasteiger partial charge in [-0.3, -0.25) is 9.69 Å². The molecule has 2 aliphatic rings. The molecule has 1 unspecified atom stereocenters. The highest BCUT2D eigenvalue weighted by molar-refractivity contribution is 5.84. The Labute approximate surface area is 108 Å². The summed E-state index contributed by atoms with van der Waals surface area (Å²) in [4.78, 5) is 16.5.